The van der Waals surface area contributed by atoms with Gasteiger partial charge in [-0.1, -0.05) is 0 Å². The van der Waals surface area contributed by atoms with Crippen molar-refractivity contribution in [1.82, 2.24) is 34.7 Å². The number of carbonyl (C=O) groups is 1. The second kappa shape index (κ2) is 9.71. The molecule has 1 amide bonds. The van der Waals surface area contributed by atoms with Gasteiger partial charge in [-0.2, -0.15) is 4.98 Å². The van der Waals surface area contributed by atoms with Crippen molar-refractivity contribution in [2.45, 2.75) is 0 Å². The zero-order valence-electron chi connectivity index (χ0n) is 20.1. The van der Waals surface area contributed by atoms with Crippen LogP contribution < -0.4 is 16.0 Å². The first-order chi connectivity index (χ1) is 18.1. The van der Waals surface area contributed by atoms with Crippen LogP contribution in [0.2, 0.25) is 0 Å². The van der Waals surface area contributed by atoms with Crippen LogP contribution in [0.3, 0.4) is 0 Å². The summed E-state index contributed by atoms with van der Waals surface area (Å²) in [5, 5.41) is 3.93. The van der Waals surface area contributed by atoms with Crippen LogP contribution in [-0.4, -0.2) is 87.8 Å². The summed E-state index contributed by atoms with van der Waals surface area (Å²) in [6, 6.07) is 6.41. The average molecular weight is 504 g/mol. The number of piperazine rings is 1. The quantitative estimate of drug-likeness (QED) is 0.426. The van der Waals surface area contributed by atoms with Crippen LogP contribution in [0, 0.1) is 5.82 Å². The molecule has 2 aliphatic heterocycles. The van der Waals surface area contributed by atoms with Crippen molar-refractivity contribution < 1.29 is 13.9 Å². The highest BCUT2D eigenvalue weighted by Gasteiger charge is 2.23. The number of hydrogen-bond donors (Lipinski definition) is 2. The summed E-state index contributed by atoms with van der Waals surface area (Å²) in [7, 11) is 0. The third-order valence-electron chi connectivity index (χ3n) is 6.63. The lowest BCUT2D eigenvalue weighted by Gasteiger charge is -2.27. The van der Waals surface area contributed by atoms with Crippen molar-refractivity contribution in [2.75, 3.05) is 63.1 Å². The third-order valence-corrected chi connectivity index (χ3v) is 6.63. The number of morpholine rings is 1. The first kappa shape index (κ1) is 23.3. The van der Waals surface area contributed by atoms with Crippen LogP contribution in [0.4, 0.5) is 16.3 Å². The SMILES string of the molecule is Nc1ncc(-c2nc(N3CCOCC3)nc3c2ccn3-c2ccc(C(=O)N3CCNCC3)cc2F)cn1. The van der Waals surface area contributed by atoms with Crippen LogP contribution in [-0.2, 0) is 4.74 Å². The van der Waals surface area contributed by atoms with Crippen molar-refractivity contribution in [3.05, 3.63) is 54.2 Å². The molecule has 2 aliphatic rings. The summed E-state index contributed by atoms with van der Waals surface area (Å²) in [5.74, 6) is -0.0136. The first-order valence-corrected chi connectivity index (χ1v) is 12.2. The smallest absolute Gasteiger partial charge is 0.254 e. The number of nitrogens with one attached hydrogen (secondary N) is 1. The molecular weight excluding hydrogens is 477 g/mol. The Balaban J connectivity index is 1.43. The number of nitrogens with zero attached hydrogens (tertiary/aromatic N) is 7. The molecule has 0 bridgehead atoms. The van der Waals surface area contributed by atoms with Gasteiger partial charge in [0.05, 0.1) is 24.6 Å². The number of halogens is 1. The Hall–Kier alpha value is -4.16. The standard InChI is InChI=1S/C25H26FN9O2/c26-19-13-16(23(36)33-7-4-28-5-8-33)1-2-20(19)35-6-3-18-21(17-14-29-24(27)30-15-17)31-25(32-22(18)35)34-9-11-37-12-10-34/h1-3,6,13-15,28H,4-5,7-12H2,(H2,27,29,30). The van der Waals surface area contributed by atoms with E-state index in [1.165, 1.54) is 6.07 Å². The monoisotopic (exact) mass is 503 g/mol. The molecule has 5 heterocycles. The number of hydrogen-bond acceptors (Lipinski definition) is 9. The number of fused-ring (bicyclic) bond motifs is 1. The van der Waals surface area contributed by atoms with Gasteiger partial charge in [-0.15, -0.1) is 0 Å². The molecule has 0 atom stereocenters. The summed E-state index contributed by atoms with van der Waals surface area (Å²) in [6.45, 7) is 5.08. The van der Waals surface area contributed by atoms with Crippen molar-refractivity contribution in [3.63, 3.8) is 0 Å². The fourth-order valence-corrected chi connectivity index (χ4v) is 4.67. The van der Waals surface area contributed by atoms with Crippen LogP contribution in [0.15, 0.2) is 42.9 Å². The van der Waals surface area contributed by atoms with Crippen molar-refractivity contribution in [2.24, 2.45) is 0 Å². The van der Waals surface area contributed by atoms with Crippen LogP contribution >= 0.6 is 0 Å². The Morgan fingerprint density at radius 2 is 1.78 bits per heavy atom. The minimum absolute atomic E-state index is 0.164. The van der Waals surface area contributed by atoms with Gasteiger partial charge in [0, 0.05) is 74.4 Å². The molecule has 4 aromatic rings. The zero-order valence-corrected chi connectivity index (χ0v) is 20.1. The predicted molar refractivity (Wildman–Crippen MR) is 136 cm³/mol. The predicted octanol–water partition coefficient (Wildman–Crippen LogP) is 1.48. The maximum atomic E-state index is 15.5. The summed E-state index contributed by atoms with van der Waals surface area (Å²) in [6.07, 6.45) is 4.98. The first-order valence-electron chi connectivity index (χ1n) is 12.2. The number of anilines is 2. The maximum Gasteiger partial charge on any atom is 0.254 e. The molecule has 12 heteroatoms. The molecule has 3 aromatic heterocycles. The number of nitrogen functional groups attached to an aromatic ring is 1. The second-order valence-corrected chi connectivity index (χ2v) is 8.93. The average Bonchev–Trinajstić information content (AvgIpc) is 3.37. The highest BCUT2D eigenvalue weighted by atomic mass is 19.1. The van der Waals surface area contributed by atoms with Crippen LogP contribution in [0.5, 0.6) is 0 Å². The van der Waals surface area contributed by atoms with Gasteiger partial charge in [0.25, 0.3) is 5.91 Å². The minimum Gasteiger partial charge on any atom is -0.378 e. The molecule has 1 aromatic carbocycles. The summed E-state index contributed by atoms with van der Waals surface area (Å²) in [4.78, 5) is 34.5. The Bertz CT molecular complexity index is 1440. The number of aromatic nitrogens is 5. The Labute approximate surface area is 212 Å². The molecule has 0 aliphatic carbocycles. The van der Waals surface area contributed by atoms with E-state index in [1.54, 1.807) is 40.2 Å². The molecular formula is C25H26FN9O2. The minimum atomic E-state index is -0.512. The van der Waals surface area contributed by atoms with E-state index < -0.39 is 5.82 Å². The Morgan fingerprint density at radius 3 is 2.51 bits per heavy atom. The number of rotatable bonds is 4. The van der Waals surface area contributed by atoms with Crippen molar-refractivity contribution >= 4 is 28.8 Å². The molecule has 0 radical (unpaired) electrons. The van der Waals surface area contributed by atoms with Crippen molar-refractivity contribution in [3.8, 4) is 16.9 Å². The van der Waals surface area contributed by atoms with E-state index in [2.05, 4.69) is 15.3 Å². The van der Waals surface area contributed by atoms with E-state index in [0.717, 1.165) is 13.1 Å². The molecule has 2 fully saturated rings. The van der Waals surface area contributed by atoms with E-state index >= 15 is 4.39 Å². The van der Waals surface area contributed by atoms with Crippen molar-refractivity contribution in [1.29, 1.82) is 0 Å². The fourth-order valence-electron chi connectivity index (χ4n) is 4.67. The topological polar surface area (TPSA) is 127 Å². The van der Waals surface area contributed by atoms with E-state index in [4.69, 9.17) is 20.4 Å². The van der Waals surface area contributed by atoms with E-state index in [9.17, 15) is 4.79 Å². The summed E-state index contributed by atoms with van der Waals surface area (Å²) in [5.41, 5.74) is 8.13. The molecule has 0 unspecified atom stereocenters. The lowest BCUT2D eigenvalue weighted by molar-refractivity contribution is 0.0735. The van der Waals surface area contributed by atoms with E-state index in [1.807, 2.05) is 11.0 Å². The zero-order chi connectivity index (χ0) is 25.4. The third kappa shape index (κ3) is 4.45. The van der Waals surface area contributed by atoms with Gasteiger partial charge in [0.1, 0.15) is 5.82 Å². The van der Waals surface area contributed by atoms with Gasteiger partial charge >= 0.3 is 0 Å². The number of ether oxygens (including phenoxy) is 1. The number of benzene rings is 1. The van der Waals surface area contributed by atoms with Crippen LogP contribution in [0.1, 0.15) is 10.4 Å². The number of carbonyl (C=O) groups excluding carboxylic acids is 1. The molecule has 0 spiro atoms. The lowest BCUT2D eigenvalue weighted by atomic mass is 10.1. The Morgan fingerprint density at radius 1 is 1.03 bits per heavy atom. The molecule has 11 nitrogen and oxygen atoms in total. The fraction of sp³-hybridized carbons (Fsp3) is 0.320. The number of amides is 1. The van der Waals surface area contributed by atoms with Gasteiger partial charge in [-0.3, -0.25) is 9.36 Å². The number of nitrogens with two attached hydrogens (primary N) is 1. The van der Waals surface area contributed by atoms with E-state index in [-0.39, 0.29) is 17.5 Å². The molecule has 3 N–H and O–H groups in total. The largest absolute Gasteiger partial charge is 0.378 e. The lowest BCUT2D eigenvalue weighted by Crippen LogP contribution is -2.46. The maximum absolute atomic E-state index is 15.5. The summed E-state index contributed by atoms with van der Waals surface area (Å²) < 4.78 is 22.6. The van der Waals surface area contributed by atoms with Gasteiger partial charge in [0.15, 0.2) is 5.65 Å². The normalized spacial score (nSPS) is 16.4. The molecule has 190 valence electrons. The van der Waals surface area contributed by atoms with Gasteiger partial charge in [0.2, 0.25) is 11.9 Å². The van der Waals surface area contributed by atoms with Gasteiger partial charge < -0.3 is 25.6 Å². The second-order valence-electron chi connectivity index (χ2n) is 8.93. The van der Waals surface area contributed by atoms with Gasteiger partial charge in [-0.25, -0.2) is 19.3 Å². The van der Waals surface area contributed by atoms with Crippen LogP contribution in [0.25, 0.3) is 28.0 Å². The molecule has 6 rings (SSSR count). The molecule has 37 heavy (non-hydrogen) atoms. The molecule has 2 saturated heterocycles. The highest BCUT2D eigenvalue weighted by Crippen LogP contribution is 2.31. The highest BCUT2D eigenvalue weighted by molar-refractivity contribution is 5.95. The molecule has 0 saturated carbocycles. The Kier molecular flexibility index (Phi) is 6.10. The summed E-state index contributed by atoms with van der Waals surface area (Å²) >= 11 is 0. The van der Waals surface area contributed by atoms with E-state index in [0.29, 0.717) is 73.2 Å². The van der Waals surface area contributed by atoms with Gasteiger partial charge in [-0.05, 0) is 24.3 Å².